The van der Waals surface area contributed by atoms with Gasteiger partial charge in [-0.15, -0.1) is 5.92 Å². The minimum absolute atomic E-state index is 0.353. The molecule has 1 aromatic rings. The monoisotopic (exact) mass is 382 g/mol. The van der Waals surface area contributed by atoms with Crippen molar-refractivity contribution < 1.29 is 19.1 Å². The summed E-state index contributed by atoms with van der Waals surface area (Å²) in [5, 5.41) is 2.63. The van der Waals surface area contributed by atoms with E-state index >= 15 is 0 Å². The molecule has 0 radical (unpaired) electrons. The summed E-state index contributed by atoms with van der Waals surface area (Å²) in [5.74, 6) is 5.09. The first kappa shape index (κ1) is 20.1. The molecule has 0 bridgehead atoms. The Hall–Kier alpha value is -2.65. The van der Waals surface area contributed by atoms with Gasteiger partial charge in [0.25, 0.3) is 11.8 Å². The van der Waals surface area contributed by atoms with Crippen LogP contribution in [0, 0.1) is 11.8 Å². The highest BCUT2D eigenvalue weighted by atomic mass is 16.5. The normalized spacial score (nSPS) is 25.2. The van der Waals surface area contributed by atoms with Gasteiger partial charge in [0, 0.05) is 6.42 Å². The van der Waals surface area contributed by atoms with Gasteiger partial charge in [0.2, 0.25) is 0 Å². The van der Waals surface area contributed by atoms with Gasteiger partial charge in [-0.1, -0.05) is 51.2 Å². The highest BCUT2D eigenvalue weighted by Gasteiger charge is 2.71. The fourth-order valence-electron chi connectivity index (χ4n) is 3.76. The molecule has 1 aromatic carbocycles. The molecule has 6 heteroatoms. The third-order valence-electron chi connectivity index (χ3n) is 5.32. The molecule has 28 heavy (non-hydrogen) atoms. The van der Waals surface area contributed by atoms with Crippen molar-refractivity contribution in [2.24, 2.45) is 0 Å². The Morgan fingerprint density at radius 2 is 1.71 bits per heavy atom. The van der Waals surface area contributed by atoms with Crippen molar-refractivity contribution in [3.8, 4) is 11.8 Å². The average molecular weight is 382 g/mol. The van der Waals surface area contributed by atoms with Crippen LogP contribution in [0.25, 0.3) is 0 Å². The van der Waals surface area contributed by atoms with Crippen molar-refractivity contribution in [3.63, 3.8) is 0 Å². The predicted octanol–water partition coefficient (Wildman–Crippen LogP) is 3.18. The summed E-state index contributed by atoms with van der Waals surface area (Å²) in [6.45, 7) is 4.15. The van der Waals surface area contributed by atoms with Gasteiger partial charge in [0.15, 0.2) is 6.04 Å². The SMILES string of the molecule is CCCCC#CC1(CCCC)C(C(=O)OC)N1N1C(=O)c2ccccc2C1=O. The number of amides is 2. The Morgan fingerprint density at radius 1 is 1.11 bits per heavy atom. The lowest BCUT2D eigenvalue weighted by Gasteiger charge is -2.19. The summed E-state index contributed by atoms with van der Waals surface area (Å²) in [5.41, 5.74) is -0.165. The van der Waals surface area contributed by atoms with Crippen LogP contribution in [0.15, 0.2) is 24.3 Å². The Bertz CT molecular complexity index is 819. The first-order valence-electron chi connectivity index (χ1n) is 9.88. The maximum absolute atomic E-state index is 12.9. The van der Waals surface area contributed by atoms with Gasteiger partial charge < -0.3 is 4.74 Å². The predicted molar refractivity (Wildman–Crippen MR) is 104 cm³/mol. The summed E-state index contributed by atoms with van der Waals surface area (Å²) >= 11 is 0. The van der Waals surface area contributed by atoms with Gasteiger partial charge in [-0.05, 0) is 25.0 Å². The molecule has 3 atom stereocenters. The average Bonchev–Trinajstić information content (AvgIpc) is 3.28. The summed E-state index contributed by atoms with van der Waals surface area (Å²) in [6, 6.07) is 5.96. The van der Waals surface area contributed by atoms with E-state index in [9.17, 15) is 14.4 Å². The highest BCUT2D eigenvalue weighted by molar-refractivity contribution is 6.21. The molecule has 0 N–H and O–H groups in total. The van der Waals surface area contributed by atoms with Crippen LogP contribution >= 0.6 is 0 Å². The third kappa shape index (κ3) is 3.20. The van der Waals surface area contributed by atoms with Gasteiger partial charge >= 0.3 is 5.97 Å². The zero-order chi connectivity index (χ0) is 20.3. The van der Waals surface area contributed by atoms with E-state index in [1.165, 1.54) is 12.1 Å². The van der Waals surface area contributed by atoms with Crippen LogP contribution in [0.5, 0.6) is 0 Å². The largest absolute Gasteiger partial charge is 0.468 e. The molecule has 6 nitrogen and oxygen atoms in total. The van der Waals surface area contributed by atoms with E-state index in [1.807, 2.05) is 0 Å². The zero-order valence-corrected chi connectivity index (χ0v) is 16.7. The van der Waals surface area contributed by atoms with Crippen molar-refractivity contribution in [2.45, 2.75) is 64.0 Å². The Kier molecular flexibility index (Phi) is 5.85. The van der Waals surface area contributed by atoms with Crippen molar-refractivity contribution >= 4 is 17.8 Å². The summed E-state index contributed by atoms with van der Waals surface area (Å²) in [7, 11) is 1.32. The highest BCUT2D eigenvalue weighted by Crippen LogP contribution is 2.49. The van der Waals surface area contributed by atoms with Gasteiger partial charge in [-0.2, -0.15) is 10.0 Å². The maximum atomic E-state index is 12.9. The second kappa shape index (κ2) is 8.15. The number of hydrogen-bond acceptors (Lipinski definition) is 5. The molecule has 148 valence electrons. The molecular weight excluding hydrogens is 356 g/mol. The van der Waals surface area contributed by atoms with E-state index in [0.717, 1.165) is 30.7 Å². The van der Waals surface area contributed by atoms with Crippen LogP contribution < -0.4 is 0 Å². The number of imide groups is 1. The van der Waals surface area contributed by atoms with Gasteiger partial charge in [-0.3, -0.25) is 14.4 Å². The van der Waals surface area contributed by atoms with E-state index in [0.29, 0.717) is 24.0 Å². The second-order valence-corrected chi connectivity index (χ2v) is 7.17. The topological polar surface area (TPSA) is 66.7 Å². The van der Waals surface area contributed by atoms with E-state index in [4.69, 9.17) is 4.74 Å². The van der Waals surface area contributed by atoms with Crippen LogP contribution in [0.4, 0.5) is 0 Å². The van der Waals surface area contributed by atoms with Crippen LogP contribution in [-0.2, 0) is 9.53 Å². The molecule has 2 heterocycles. The smallest absolute Gasteiger partial charge is 0.328 e. The molecule has 0 saturated carbocycles. The van der Waals surface area contributed by atoms with E-state index < -0.39 is 29.4 Å². The fourth-order valence-corrected chi connectivity index (χ4v) is 3.76. The minimum Gasteiger partial charge on any atom is -0.468 e. The quantitative estimate of drug-likeness (QED) is 0.238. The van der Waals surface area contributed by atoms with E-state index in [1.54, 1.807) is 24.3 Å². The molecule has 2 amide bonds. The molecule has 0 spiro atoms. The van der Waals surface area contributed by atoms with Gasteiger partial charge in [0.1, 0.15) is 5.54 Å². The van der Waals surface area contributed by atoms with Crippen molar-refractivity contribution in [1.29, 1.82) is 0 Å². The van der Waals surface area contributed by atoms with Crippen LogP contribution in [0.3, 0.4) is 0 Å². The number of fused-ring (bicyclic) bond motifs is 1. The molecule has 3 unspecified atom stereocenters. The van der Waals surface area contributed by atoms with Gasteiger partial charge in [0.05, 0.1) is 18.2 Å². The number of nitrogens with zero attached hydrogens (tertiary/aromatic N) is 2. The molecule has 3 rings (SSSR count). The lowest BCUT2D eigenvalue weighted by molar-refractivity contribution is -0.141. The first-order chi connectivity index (χ1) is 13.5. The number of carbonyl (C=O) groups excluding carboxylic acids is 3. The summed E-state index contributed by atoms with van der Waals surface area (Å²) < 4.78 is 4.98. The second-order valence-electron chi connectivity index (χ2n) is 7.17. The Balaban J connectivity index is 1.99. The van der Waals surface area contributed by atoms with E-state index in [-0.39, 0.29) is 0 Å². The number of hydrazine groups is 1. The summed E-state index contributed by atoms with van der Waals surface area (Å²) in [6.07, 6.45) is 5.05. The number of methoxy groups -OCH3 is 1. The van der Waals surface area contributed by atoms with Crippen LogP contribution in [0.2, 0.25) is 0 Å². The number of carbonyl (C=O) groups is 3. The number of unbranched alkanes of at least 4 members (excludes halogenated alkanes) is 3. The van der Waals surface area contributed by atoms with Crippen molar-refractivity contribution in [2.75, 3.05) is 7.11 Å². The van der Waals surface area contributed by atoms with Crippen LogP contribution in [-0.4, -0.2) is 46.5 Å². The number of esters is 1. The fraction of sp³-hybridized carbons (Fsp3) is 0.500. The lowest BCUT2D eigenvalue weighted by Crippen LogP contribution is -2.39. The molecule has 1 saturated heterocycles. The summed E-state index contributed by atoms with van der Waals surface area (Å²) in [4.78, 5) is 38.4. The maximum Gasteiger partial charge on any atom is 0.328 e. The van der Waals surface area contributed by atoms with Gasteiger partial charge in [-0.25, -0.2) is 0 Å². The standard InChI is InChI=1S/C22H26N2O4/c1-4-6-8-11-15-22(14-7-5-2)18(21(27)28-3)24(22)23-19(25)16-12-9-10-13-17(16)20(23)26/h9-10,12-13,18H,4-8,14H2,1-3H3. The van der Waals surface area contributed by atoms with Crippen molar-refractivity contribution in [3.05, 3.63) is 35.4 Å². The van der Waals surface area contributed by atoms with Crippen LogP contribution in [0.1, 0.15) is 73.1 Å². The molecule has 2 aliphatic rings. The first-order valence-corrected chi connectivity index (χ1v) is 9.88. The lowest BCUT2D eigenvalue weighted by atomic mass is 9.98. The number of ether oxygens (including phenoxy) is 1. The number of benzene rings is 1. The molecular formula is C22H26N2O4. The number of hydrogen-bond donors (Lipinski definition) is 0. The molecule has 1 fully saturated rings. The van der Waals surface area contributed by atoms with Crippen molar-refractivity contribution in [1.82, 2.24) is 10.0 Å². The van der Waals surface area contributed by atoms with E-state index in [2.05, 4.69) is 25.7 Å². The number of rotatable bonds is 7. The molecule has 0 aromatic heterocycles. The Morgan fingerprint density at radius 3 is 2.25 bits per heavy atom. The molecule has 0 aliphatic carbocycles. The molecule has 2 aliphatic heterocycles. The zero-order valence-electron chi connectivity index (χ0n) is 16.7. The minimum atomic E-state index is -0.871. The Labute approximate surface area is 165 Å². The third-order valence-corrected chi connectivity index (χ3v) is 5.32.